The van der Waals surface area contributed by atoms with Gasteiger partial charge in [-0.1, -0.05) is 0 Å². The van der Waals surface area contributed by atoms with E-state index in [-0.39, 0.29) is 20.6 Å². The first kappa shape index (κ1) is 22.8. The third kappa shape index (κ3) is 3.80. The average molecular weight is 480 g/mol. The van der Waals surface area contributed by atoms with Crippen molar-refractivity contribution in [2.45, 2.75) is 59.1 Å². The number of likely N-dealkylation sites (tertiary alicyclic amines) is 1. The number of hydrogen-bond donors (Lipinski definition) is 1. The van der Waals surface area contributed by atoms with Gasteiger partial charge in [0.25, 0.3) is 0 Å². The molecule has 2 aromatic carbocycles. The van der Waals surface area contributed by atoms with Gasteiger partial charge in [0.15, 0.2) is 9.84 Å². The SMILES string of the molecule is CC1(C)Oc2ccc(S(=O)(=O)c3ccc(S(C)(=O)=O)cc3)cc2[C@@H](N2CCCC2=O)[C@@H]1O. The molecular formula is C22H25NO7S2. The first-order chi connectivity index (χ1) is 14.8. The fraction of sp³-hybridized carbons (Fsp3) is 0.409. The molecule has 1 fully saturated rings. The smallest absolute Gasteiger partial charge is 0.223 e. The molecular weight excluding hydrogens is 454 g/mol. The summed E-state index contributed by atoms with van der Waals surface area (Å²) in [4.78, 5) is 14.0. The molecule has 10 heteroatoms. The molecule has 0 bridgehead atoms. The molecule has 0 aromatic heterocycles. The van der Waals surface area contributed by atoms with Crippen LogP contribution in [0.25, 0.3) is 0 Å². The second-order valence-electron chi connectivity index (χ2n) is 8.73. The van der Waals surface area contributed by atoms with E-state index in [2.05, 4.69) is 0 Å². The maximum Gasteiger partial charge on any atom is 0.223 e. The summed E-state index contributed by atoms with van der Waals surface area (Å²) in [5, 5.41) is 11.0. The lowest BCUT2D eigenvalue weighted by Gasteiger charge is -2.45. The van der Waals surface area contributed by atoms with Crippen LogP contribution < -0.4 is 4.74 Å². The van der Waals surface area contributed by atoms with Crippen LogP contribution >= 0.6 is 0 Å². The Hall–Kier alpha value is -2.43. The van der Waals surface area contributed by atoms with Gasteiger partial charge in [-0.3, -0.25) is 4.79 Å². The van der Waals surface area contributed by atoms with Crippen molar-refractivity contribution in [3.05, 3.63) is 48.0 Å². The number of benzene rings is 2. The third-order valence-corrected chi connectivity index (χ3v) is 8.90. The summed E-state index contributed by atoms with van der Waals surface area (Å²) in [5.41, 5.74) is -0.538. The van der Waals surface area contributed by atoms with Gasteiger partial charge in [-0.15, -0.1) is 0 Å². The largest absolute Gasteiger partial charge is 0.485 e. The van der Waals surface area contributed by atoms with E-state index in [9.17, 15) is 26.7 Å². The minimum Gasteiger partial charge on any atom is -0.485 e. The Bertz CT molecular complexity index is 1280. The van der Waals surface area contributed by atoms with Crippen LogP contribution in [0.5, 0.6) is 5.75 Å². The van der Waals surface area contributed by atoms with Crippen LogP contribution in [0.1, 0.15) is 38.3 Å². The zero-order chi connectivity index (χ0) is 23.5. The first-order valence-corrected chi connectivity index (χ1v) is 13.6. The van der Waals surface area contributed by atoms with Crippen molar-refractivity contribution in [2.24, 2.45) is 0 Å². The monoisotopic (exact) mass is 479 g/mol. The molecule has 1 N–H and O–H groups in total. The highest BCUT2D eigenvalue weighted by atomic mass is 32.2. The number of sulfone groups is 2. The van der Waals surface area contributed by atoms with Crippen LogP contribution in [0, 0.1) is 0 Å². The molecule has 172 valence electrons. The quantitative estimate of drug-likeness (QED) is 0.714. The Balaban J connectivity index is 1.80. The van der Waals surface area contributed by atoms with Crippen LogP contribution in [-0.2, 0) is 24.5 Å². The molecule has 0 spiro atoms. The van der Waals surface area contributed by atoms with Gasteiger partial charge >= 0.3 is 0 Å². The lowest BCUT2D eigenvalue weighted by molar-refractivity contribution is -0.139. The molecule has 2 aliphatic heterocycles. The topological polar surface area (TPSA) is 118 Å². The number of nitrogens with zero attached hydrogens (tertiary/aromatic N) is 1. The van der Waals surface area contributed by atoms with Gasteiger partial charge < -0.3 is 14.7 Å². The Kier molecular flexibility index (Phi) is 5.38. The maximum absolute atomic E-state index is 13.2. The number of aliphatic hydroxyl groups is 1. The van der Waals surface area contributed by atoms with Crippen molar-refractivity contribution in [2.75, 3.05) is 12.8 Å². The number of ether oxygens (including phenoxy) is 1. The number of hydrogen-bond acceptors (Lipinski definition) is 7. The van der Waals surface area contributed by atoms with E-state index in [4.69, 9.17) is 4.74 Å². The van der Waals surface area contributed by atoms with Crippen LogP contribution in [0.2, 0.25) is 0 Å². The van der Waals surface area contributed by atoms with Gasteiger partial charge in [0.2, 0.25) is 15.7 Å². The lowest BCUT2D eigenvalue weighted by atomic mass is 9.85. The predicted octanol–water partition coefficient (Wildman–Crippen LogP) is 2.12. The summed E-state index contributed by atoms with van der Waals surface area (Å²) in [6.45, 7) is 3.92. The van der Waals surface area contributed by atoms with E-state index in [1.165, 1.54) is 42.5 Å². The van der Waals surface area contributed by atoms with E-state index in [0.717, 1.165) is 6.26 Å². The summed E-state index contributed by atoms with van der Waals surface area (Å²) in [5.74, 6) is 0.318. The second-order valence-corrected chi connectivity index (χ2v) is 12.7. The molecule has 0 radical (unpaired) electrons. The highest BCUT2D eigenvalue weighted by Crippen LogP contribution is 2.45. The van der Waals surface area contributed by atoms with E-state index in [1.54, 1.807) is 18.7 Å². The van der Waals surface area contributed by atoms with Gasteiger partial charge in [0.1, 0.15) is 17.5 Å². The summed E-state index contributed by atoms with van der Waals surface area (Å²) >= 11 is 0. The van der Waals surface area contributed by atoms with Crippen LogP contribution in [0.3, 0.4) is 0 Å². The van der Waals surface area contributed by atoms with Gasteiger partial charge in [-0.25, -0.2) is 16.8 Å². The fourth-order valence-electron chi connectivity index (χ4n) is 4.22. The zero-order valence-corrected chi connectivity index (χ0v) is 19.6. The minimum absolute atomic E-state index is 0.0215. The zero-order valence-electron chi connectivity index (χ0n) is 18.0. The van der Waals surface area contributed by atoms with Crippen molar-refractivity contribution in [3.8, 4) is 5.75 Å². The molecule has 2 atom stereocenters. The molecule has 0 aliphatic carbocycles. The minimum atomic E-state index is -3.98. The van der Waals surface area contributed by atoms with Crippen molar-refractivity contribution in [3.63, 3.8) is 0 Å². The molecule has 2 heterocycles. The van der Waals surface area contributed by atoms with E-state index in [1.807, 2.05) is 0 Å². The Morgan fingerprint density at radius 3 is 2.16 bits per heavy atom. The summed E-state index contributed by atoms with van der Waals surface area (Å²) in [6, 6.07) is 8.66. The number of fused-ring (bicyclic) bond motifs is 1. The molecule has 2 aromatic rings. The fourth-order valence-corrected chi connectivity index (χ4v) is 6.14. The molecule has 2 aliphatic rings. The second kappa shape index (κ2) is 7.57. The van der Waals surface area contributed by atoms with Gasteiger partial charge in [0.05, 0.1) is 20.7 Å². The molecule has 4 rings (SSSR count). The molecule has 1 saturated heterocycles. The number of aliphatic hydroxyl groups excluding tert-OH is 1. The van der Waals surface area contributed by atoms with Crippen molar-refractivity contribution in [1.29, 1.82) is 0 Å². The standard InChI is InChI=1S/C22H25NO7S2/c1-22(2)21(25)20(23-12-4-5-19(23)24)17-13-16(10-11-18(17)30-22)32(28,29)15-8-6-14(7-9-15)31(3,26)27/h6-11,13,20-21,25H,4-5,12H2,1-3H3/t20-,21+/m1/s1. The van der Waals surface area contributed by atoms with Gasteiger partial charge in [-0.2, -0.15) is 0 Å². The number of rotatable bonds is 4. The molecule has 8 nitrogen and oxygen atoms in total. The van der Waals surface area contributed by atoms with Crippen LogP contribution in [0.15, 0.2) is 57.2 Å². The van der Waals surface area contributed by atoms with Crippen molar-refractivity contribution in [1.82, 2.24) is 4.90 Å². The highest BCUT2D eigenvalue weighted by molar-refractivity contribution is 7.91. The van der Waals surface area contributed by atoms with Gasteiger partial charge in [0, 0.05) is 24.8 Å². The Morgan fingerprint density at radius 2 is 1.59 bits per heavy atom. The van der Waals surface area contributed by atoms with Crippen LogP contribution in [-0.4, -0.2) is 57.3 Å². The molecule has 1 amide bonds. The van der Waals surface area contributed by atoms with E-state index >= 15 is 0 Å². The molecule has 0 unspecified atom stereocenters. The normalized spacial score (nSPS) is 23.0. The Morgan fingerprint density at radius 1 is 1.00 bits per heavy atom. The van der Waals surface area contributed by atoms with E-state index in [0.29, 0.717) is 30.7 Å². The molecule has 32 heavy (non-hydrogen) atoms. The van der Waals surface area contributed by atoms with E-state index < -0.39 is 37.4 Å². The van der Waals surface area contributed by atoms with Crippen molar-refractivity contribution >= 4 is 25.6 Å². The Labute approximate surface area is 187 Å². The van der Waals surface area contributed by atoms with Crippen LogP contribution in [0.4, 0.5) is 0 Å². The lowest BCUT2D eigenvalue weighted by Crippen LogP contribution is -2.53. The average Bonchev–Trinajstić information content (AvgIpc) is 3.13. The maximum atomic E-state index is 13.2. The van der Waals surface area contributed by atoms with Crippen molar-refractivity contribution < 1.29 is 31.5 Å². The number of carbonyl (C=O) groups excluding carboxylic acids is 1. The summed E-state index contributed by atoms with van der Waals surface area (Å²) in [6.07, 6.45) is 1.05. The third-order valence-electron chi connectivity index (χ3n) is 6.00. The summed E-state index contributed by atoms with van der Waals surface area (Å²) in [7, 11) is -7.43. The highest BCUT2D eigenvalue weighted by Gasteiger charge is 2.47. The first-order valence-electron chi connectivity index (χ1n) is 10.2. The molecule has 0 saturated carbocycles. The predicted molar refractivity (Wildman–Crippen MR) is 116 cm³/mol. The van der Waals surface area contributed by atoms with Gasteiger partial charge in [-0.05, 0) is 62.7 Å². The summed E-state index contributed by atoms with van der Waals surface area (Å²) < 4.78 is 55.8. The number of carbonyl (C=O) groups is 1. The number of amides is 1.